The molecule has 0 radical (unpaired) electrons. The Morgan fingerprint density at radius 1 is 1.27 bits per heavy atom. The summed E-state index contributed by atoms with van der Waals surface area (Å²) in [6.45, 7) is 0.767. The van der Waals surface area contributed by atoms with Crippen molar-refractivity contribution in [1.29, 1.82) is 0 Å². The number of aldehydes is 1. The van der Waals surface area contributed by atoms with Crippen LogP contribution in [0.5, 0.6) is 0 Å². The van der Waals surface area contributed by atoms with Gasteiger partial charge in [-0.3, -0.25) is 0 Å². The lowest BCUT2D eigenvalue weighted by atomic mass is 9.98. The predicted molar refractivity (Wildman–Crippen MR) is 63.1 cm³/mol. The third-order valence-electron chi connectivity index (χ3n) is 2.37. The molecule has 1 rings (SSSR count). The first-order valence-corrected chi connectivity index (χ1v) is 5.98. The number of hydrogen-bond donors (Lipinski definition) is 1. The van der Waals surface area contributed by atoms with Crippen LogP contribution in [0.4, 0.5) is 0 Å². The molecule has 0 saturated heterocycles. The second-order valence-corrected chi connectivity index (χ2v) is 3.94. The van der Waals surface area contributed by atoms with E-state index in [4.69, 9.17) is 4.74 Å². The number of ether oxygens (including phenoxy) is 1. The monoisotopic (exact) mass is 215 g/mol. The fraction of sp³-hybridized carbons (Fsp3) is 0.917. The van der Waals surface area contributed by atoms with Gasteiger partial charge in [0.2, 0.25) is 0 Å². The van der Waals surface area contributed by atoms with Crippen LogP contribution in [0.25, 0.3) is 0 Å². The minimum Gasteiger partial charge on any atom is -0.378 e. The van der Waals surface area contributed by atoms with E-state index in [0.717, 1.165) is 19.3 Å². The van der Waals surface area contributed by atoms with Gasteiger partial charge in [0.1, 0.15) is 6.29 Å². The van der Waals surface area contributed by atoms with Gasteiger partial charge in [-0.15, -0.1) is 0 Å². The molecule has 90 valence electrons. The summed E-state index contributed by atoms with van der Waals surface area (Å²) in [5.74, 6) is 0. The largest absolute Gasteiger partial charge is 0.378 e. The summed E-state index contributed by atoms with van der Waals surface area (Å²) in [6.07, 6.45) is 9.44. The molecular formula is C12H25NO2. The number of unbranched alkanes of at least 4 members (excludes halogenated alkanes) is 1. The fourth-order valence-corrected chi connectivity index (χ4v) is 1.65. The Bertz CT molecular complexity index is 134. The van der Waals surface area contributed by atoms with Crippen LogP contribution in [0.15, 0.2) is 0 Å². The van der Waals surface area contributed by atoms with Crippen molar-refractivity contribution >= 4 is 6.29 Å². The number of carbonyl (C=O) groups excluding carboxylic acids is 1. The van der Waals surface area contributed by atoms with Crippen LogP contribution < -0.4 is 5.32 Å². The van der Waals surface area contributed by atoms with Gasteiger partial charge < -0.3 is 14.8 Å². The molecule has 0 aromatic carbocycles. The summed E-state index contributed by atoms with van der Waals surface area (Å²) in [5.41, 5.74) is 0. The molecule has 0 aromatic rings. The highest BCUT2D eigenvalue weighted by molar-refractivity contribution is 5.48. The van der Waals surface area contributed by atoms with Gasteiger partial charge in [0, 0.05) is 13.0 Å². The molecule has 1 aliphatic carbocycles. The molecular weight excluding hydrogens is 190 g/mol. The second-order valence-electron chi connectivity index (χ2n) is 3.94. The molecule has 0 amide bonds. The number of carbonyl (C=O) groups is 1. The Morgan fingerprint density at radius 2 is 1.87 bits per heavy atom. The maximum absolute atomic E-state index is 10.0. The molecule has 0 spiro atoms. The first-order chi connectivity index (χ1) is 7.35. The molecule has 1 saturated carbocycles. The van der Waals surface area contributed by atoms with E-state index >= 15 is 0 Å². The number of rotatable bonds is 5. The van der Waals surface area contributed by atoms with E-state index in [0.29, 0.717) is 12.5 Å². The molecule has 0 bridgehead atoms. The molecule has 0 atom stereocenters. The van der Waals surface area contributed by atoms with Crippen molar-refractivity contribution < 1.29 is 9.53 Å². The fourth-order valence-electron chi connectivity index (χ4n) is 1.65. The van der Waals surface area contributed by atoms with Gasteiger partial charge in [-0.25, -0.2) is 0 Å². The van der Waals surface area contributed by atoms with Gasteiger partial charge in [-0.05, 0) is 33.4 Å². The first kappa shape index (κ1) is 14.6. The van der Waals surface area contributed by atoms with Crippen LogP contribution in [-0.2, 0) is 9.53 Å². The van der Waals surface area contributed by atoms with Crippen LogP contribution >= 0.6 is 0 Å². The average molecular weight is 215 g/mol. The van der Waals surface area contributed by atoms with Crippen molar-refractivity contribution in [2.75, 3.05) is 20.7 Å². The van der Waals surface area contributed by atoms with Crippen LogP contribution in [0.3, 0.4) is 0 Å². The lowest BCUT2D eigenvalue weighted by Gasteiger charge is -2.21. The summed E-state index contributed by atoms with van der Waals surface area (Å²) in [6, 6.07) is 0. The lowest BCUT2D eigenvalue weighted by Crippen LogP contribution is -2.17. The van der Waals surface area contributed by atoms with E-state index in [1.54, 1.807) is 0 Å². The summed E-state index contributed by atoms with van der Waals surface area (Å²) in [7, 11) is 3.75. The Morgan fingerprint density at radius 3 is 2.40 bits per heavy atom. The van der Waals surface area contributed by atoms with Crippen molar-refractivity contribution in [1.82, 2.24) is 5.32 Å². The third kappa shape index (κ3) is 9.88. The van der Waals surface area contributed by atoms with Gasteiger partial charge in [0.25, 0.3) is 0 Å². The number of nitrogens with one attached hydrogen (secondary N) is 1. The second kappa shape index (κ2) is 11.7. The highest BCUT2D eigenvalue weighted by Crippen LogP contribution is 2.20. The van der Waals surface area contributed by atoms with Crippen molar-refractivity contribution in [3.05, 3.63) is 0 Å². The SMILES string of the molecule is CNC.O=CCCCOC1CCCCC1. The predicted octanol–water partition coefficient (Wildman–Crippen LogP) is 2.15. The van der Waals surface area contributed by atoms with Gasteiger partial charge in [0.15, 0.2) is 0 Å². The minimum absolute atomic E-state index is 0.491. The van der Waals surface area contributed by atoms with Crippen LogP contribution in [-0.4, -0.2) is 33.1 Å². The van der Waals surface area contributed by atoms with Crippen molar-refractivity contribution in [3.8, 4) is 0 Å². The maximum Gasteiger partial charge on any atom is 0.120 e. The van der Waals surface area contributed by atoms with Crippen LogP contribution in [0, 0.1) is 0 Å². The summed E-state index contributed by atoms with van der Waals surface area (Å²) in [5, 5.41) is 2.75. The zero-order valence-corrected chi connectivity index (χ0v) is 10.1. The van der Waals surface area contributed by atoms with Gasteiger partial charge in [0.05, 0.1) is 6.10 Å². The average Bonchev–Trinajstić information content (AvgIpc) is 2.27. The Labute approximate surface area is 93.6 Å². The van der Waals surface area contributed by atoms with E-state index in [1.165, 1.54) is 32.1 Å². The minimum atomic E-state index is 0.491. The number of hydrogen-bond acceptors (Lipinski definition) is 3. The van der Waals surface area contributed by atoms with Gasteiger partial charge >= 0.3 is 0 Å². The normalized spacial score (nSPS) is 16.7. The molecule has 15 heavy (non-hydrogen) atoms. The van der Waals surface area contributed by atoms with Crippen molar-refractivity contribution in [2.24, 2.45) is 0 Å². The molecule has 0 heterocycles. The molecule has 0 aliphatic heterocycles. The van der Waals surface area contributed by atoms with E-state index in [1.807, 2.05) is 14.1 Å². The smallest absolute Gasteiger partial charge is 0.120 e. The molecule has 1 aliphatic rings. The van der Waals surface area contributed by atoms with Crippen LogP contribution in [0.1, 0.15) is 44.9 Å². The van der Waals surface area contributed by atoms with Crippen molar-refractivity contribution in [3.63, 3.8) is 0 Å². The molecule has 3 nitrogen and oxygen atoms in total. The van der Waals surface area contributed by atoms with Crippen molar-refractivity contribution in [2.45, 2.75) is 51.0 Å². The third-order valence-corrected chi connectivity index (χ3v) is 2.37. The van der Waals surface area contributed by atoms with Crippen LogP contribution in [0.2, 0.25) is 0 Å². The van der Waals surface area contributed by atoms with E-state index < -0.39 is 0 Å². The Hall–Kier alpha value is -0.410. The molecule has 3 heteroatoms. The maximum atomic E-state index is 10.0. The summed E-state index contributed by atoms with van der Waals surface area (Å²) >= 11 is 0. The molecule has 1 fully saturated rings. The molecule has 0 aromatic heterocycles. The van der Waals surface area contributed by atoms with E-state index in [9.17, 15) is 4.79 Å². The zero-order chi connectivity index (χ0) is 11.4. The summed E-state index contributed by atoms with van der Waals surface area (Å²) in [4.78, 5) is 10.0. The highest BCUT2D eigenvalue weighted by Gasteiger charge is 2.12. The van der Waals surface area contributed by atoms with E-state index in [2.05, 4.69) is 5.32 Å². The quantitative estimate of drug-likeness (QED) is 0.564. The summed E-state index contributed by atoms with van der Waals surface area (Å²) < 4.78 is 5.63. The molecule has 0 unspecified atom stereocenters. The van der Waals surface area contributed by atoms with Gasteiger partial charge in [-0.2, -0.15) is 0 Å². The highest BCUT2D eigenvalue weighted by atomic mass is 16.5. The van der Waals surface area contributed by atoms with Gasteiger partial charge in [-0.1, -0.05) is 19.3 Å². The first-order valence-electron chi connectivity index (χ1n) is 5.98. The Kier molecular flexibility index (Phi) is 11.3. The van der Waals surface area contributed by atoms with E-state index in [-0.39, 0.29) is 0 Å². The molecule has 1 N–H and O–H groups in total. The standard InChI is InChI=1S/C10H18O2.C2H7N/c11-8-4-5-9-12-10-6-2-1-3-7-10;1-3-2/h8,10H,1-7,9H2;3H,1-2H3. The lowest BCUT2D eigenvalue weighted by molar-refractivity contribution is -0.108. The zero-order valence-electron chi connectivity index (χ0n) is 10.1. The topological polar surface area (TPSA) is 38.3 Å². The Balaban J connectivity index is 0.000000583.